The van der Waals surface area contributed by atoms with Gasteiger partial charge in [-0.15, -0.1) is 0 Å². The molecule has 6 heteroatoms. The number of para-hydroxylation sites is 3. The van der Waals surface area contributed by atoms with Crippen molar-refractivity contribution in [2.24, 2.45) is 0 Å². The van der Waals surface area contributed by atoms with Crippen LogP contribution < -0.4 is 0 Å². The van der Waals surface area contributed by atoms with Crippen LogP contribution in [-0.2, 0) is 0 Å². The van der Waals surface area contributed by atoms with Crippen molar-refractivity contribution in [1.29, 1.82) is 0 Å². The van der Waals surface area contributed by atoms with Crippen molar-refractivity contribution < 1.29 is 4.42 Å². The summed E-state index contributed by atoms with van der Waals surface area (Å²) < 4.78 is 8.62. The second-order valence-electron chi connectivity index (χ2n) is 12.3. The van der Waals surface area contributed by atoms with Gasteiger partial charge in [-0.05, 0) is 42.0 Å². The number of benzene rings is 6. The molecule has 0 saturated carbocycles. The maximum atomic E-state index is 6.40. The Balaban J connectivity index is 1.09. The first-order valence-electron chi connectivity index (χ1n) is 16.6. The van der Waals surface area contributed by atoms with E-state index < -0.39 is 0 Å². The molecule has 10 aromatic rings. The highest BCUT2D eigenvalue weighted by Crippen LogP contribution is 2.39. The normalized spacial score (nSPS) is 11.6. The summed E-state index contributed by atoms with van der Waals surface area (Å²) in [7, 11) is 0. The molecular weight excluding hydrogens is 615 g/mol. The van der Waals surface area contributed by atoms with E-state index >= 15 is 0 Å². The molecule has 6 nitrogen and oxygen atoms in total. The van der Waals surface area contributed by atoms with Crippen LogP contribution in [-0.4, -0.2) is 24.5 Å². The minimum Gasteiger partial charge on any atom is -0.455 e. The number of pyridine rings is 1. The molecule has 234 valence electrons. The Bertz CT molecular complexity index is 2800. The zero-order valence-corrected chi connectivity index (χ0v) is 26.7. The lowest BCUT2D eigenvalue weighted by Crippen LogP contribution is -2.01. The lowest BCUT2D eigenvalue weighted by molar-refractivity contribution is 0.670. The number of rotatable bonds is 5. The third-order valence-electron chi connectivity index (χ3n) is 9.32. The Morgan fingerprint density at radius 2 is 1.02 bits per heavy atom. The van der Waals surface area contributed by atoms with Crippen molar-refractivity contribution in [2.45, 2.75) is 0 Å². The Kier molecular flexibility index (Phi) is 6.39. The summed E-state index contributed by atoms with van der Waals surface area (Å²) in [5.41, 5.74) is 8.80. The summed E-state index contributed by atoms with van der Waals surface area (Å²) in [6.07, 6.45) is 1.85. The first-order chi connectivity index (χ1) is 24.8. The molecule has 0 aliphatic rings. The number of hydrogen-bond donors (Lipinski definition) is 0. The van der Waals surface area contributed by atoms with Gasteiger partial charge in [0, 0.05) is 50.0 Å². The molecule has 4 aromatic heterocycles. The summed E-state index contributed by atoms with van der Waals surface area (Å²) in [6.45, 7) is 0. The molecule has 4 heterocycles. The fourth-order valence-corrected chi connectivity index (χ4v) is 6.95. The van der Waals surface area contributed by atoms with Crippen LogP contribution in [0.15, 0.2) is 168 Å². The third kappa shape index (κ3) is 4.58. The van der Waals surface area contributed by atoms with E-state index in [0.717, 1.165) is 77.4 Å². The van der Waals surface area contributed by atoms with E-state index in [0.29, 0.717) is 17.5 Å². The Labute approximate surface area is 287 Å². The molecule has 0 fully saturated rings. The molecule has 6 aromatic carbocycles. The fourth-order valence-electron chi connectivity index (χ4n) is 6.95. The first-order valence-corrected chi connectivity index (χ1v) is 16.6. The van der Waals surface area contributed by atoms with Crippen LogP contribution in [0.5, 0.6) is 0 Å². The largest absolute Gasteiger partial charge is 0.455 e. The monoisotopic (exact) mass is 641 g/mol. The number of hydrogen-bond acceptors (Lipinski definition) is 5. The smallest absolute Gasteiger partial charge is 0.165 e. The molecule has 50 heavy (non-hydrogen) atoms. The SMILES string of the molecule is c1ccc(-c2nc(-c3ccccc3)nc(-c3ccc(-n4c5ccccc5c5cc(-c6cccc7c6oc6ccccc67)ccc54)nc3)n2)cc1. The standard InChI is InChI=1S/C44H27N5O/c1-3-12-28(13-4-1)42-46-43(29-14-5-2-6-15-29)48-44(47-42)31-23-25-40(45-27-31)49-37-20-9-7-16-33(37)36-26-30(22-24-38(36)49)32-18-11-19-35-34-17-8-10-21-39(34)50-41(32)35/h1-27H. The molecular formula is C44H27N5O. The summed E-state index contributed by atoms with van der Waals surface area (Å²) >= 11 is 0. The number of fused-ring (bicyclic) bond motifs is 6. The van der Waals surface area contributed by atoms with Gasteiger partial charge in [-0.2, -0.15) is 0 Å². The number of aromatic nitrogens is 5. The quantitative estimate of drug-likeness (QED) is 0.187. The molecule has 0 aliphatic carbocycles. The second-order valence-corrected chi connectivity index (χ2v) is 12.3. The van der Waals surface area contributed by atoms with Gasteiger partial charge in [-0.1, -0.05) is 121 Å². The maximum Gasteiger partial charge on any atom is 0.165 e. The number of furan rings is 1. The van der Waals surface area contributed by atoms with Gasteiger partial charge in [0.1, 0.15) is 17.0 Å². The molecule has 0 saturated heterocycles. The maximum absolute atomic E-state index is 6.40. The Morgan fingerprint density at radius 3 is 1.74 bits per heavy atom. The fraction of sp³-hybridized carbons (Fsp3) is 0. The summed E-state index contributed by atoms with van der Waals surface area (Å²) in [5, 5.41) is 4.55. The van der Waals surface area contributed by atoms with E-state index in [1.807, 2.05) is 91.1 Å². The minimum atomic E-state index is 0.573. The van der Waals surface area contributed by atoms with Gasteiger partial charge in [-0.3, -0.25) is 4.57 Å². The van der Waals surface area contributed by atoms with E-state index in [-0.39, 0.29) is 0 Å². The van der Waals surface area contributed by atoms with Crippen LogP contribution in [0, 0.1) is 0 Å². The van der Waals surface area contributed by atoms with Crippen LogP contribution in [0.4, 0.5) is 0 Å². The van der Waals surface area contributed by atoms with Crippen molar-refractivity contribution >= 4 is 43.7 Å². The minimum absolute atomic E-state index is 0.573. The van der Waals surface area contributed by atoms with E-state index in [1.54, 1.807) is 0 Å². The van der Waals surface area contributed by atoms with Gasteiger partial charge in [0.05, 0.1) is 11.0 Å². The van der Waals surface area contributed by atoms with Crippen molar-refractivity contribution in [1.82, 2.24) is 24.5 Å². The highest BCUT2D eigenvalue weighted by atomic mass is 16.3. The topological polar surface area (TPSA) is 69.6 Å². The molecule has 0 bridgehead atoms. The van der Waals surface area contributed by atoms with Gasteiger partial charge in [0.15, 0.2) is 17.5 Å². The Morgan fingerprint density at radius 1 is 0.420 bits per heavy atom. The van der Waals surface area contributed by atoms with Crippen LogP contribution in [0.1, 0.15) is 0 Å². The predicted molar refractivity (Wildman–Crippen MR) is 201 cm³/mol. The number of nitrogens with zero attached hydrogens (tertiary/aromatic N) is 5. The van der Waals surface area contributed by atoms with Crippen LogP contribution in [0.2, 0.25) is 0 Å². The molecule has 0 unspecified atom stereocenters. The Hall–Kier alpha value is -6.92. The lowest BCUT2D eigenvalue weighted by Gasteiger charge is -2.10. The van der Waals surface area contributed by atoms with E-state index in [4.69, 9.17) is 24.4 Å². The van der Waals surface area contributed by atoms with E-state index in [2.05, 4.69) is 77.4 Å². The first kappa shape index (κ1) is 28.1. The van der Waals surface area contributed by atoms with E-state index in [1.165, 1.54) is 0 Å². The van der Waals surface area contributed by atoms with Crippen molar-refractivity contribution in [3.63, 3.8) is 0 Å². The zero-order chi connectivity index (χ0) is 33.0. The van der Waals surface area contributed by atoms with Gasteiger partial charge < -0.3 is 4.42 Å². The predicted octanol–water partition coefficient (Wildman–Crippen LogP) is 10.9. The van der Waals surface area contributed by atoms with Gasteiger partial charge in [0.25, 0.3) is 0 Å². The van der Waals surface area contributed by atoms with Crippen LogP contribution in [0.25, 0.3) is 94.9 Å². The van der Waals surface area contributed by atoms with Crippen LogP contribution in [0.3, 0.4) is 0 Å². The van der Waals surface area contributed by atoms with Crippen molar-refractivity contribution in [2.75, 3.05) is 0 Å². The highest BCUT2D eigenvalue weighted by molar-refractivity contribution is 6.13. The van der Waals surface area contributed by atoms with Crippen LogP contribution >= 0.6 is 0 Å². The van der Waals surface area contributed by atoms with Gasteiger partial charge >= 0.3 is 0 Å². The van der Waals surface area contributed by atoms with Crippen molar-refractivity contribution in [3.05, 3.63) is 164 Å². The molecule has 0 spiro atoms. The van der Waals surface area contributed by atoms with Gasteiger partial charge in [0.2, 0.25) is 0 Å². The average Bonchev–Trinajstić information content (AvgIpc) is 3.74. The lowest BCUT2D eigenvalue weighted by atomic mass is 10.0. The van der Waals surface area contributed by atoms with Gasteiger partial charge in [-0.25, -0.2) is 19.9 Å². The molecule has 0 amide bonds. The molecule has 0 atom stereocenters. The summed E-state index contributed by atoms with van der Waals surface area (Å²) in [6, 6.07) is 53.8. The highest BCUT2D eigenvalue weighted by Gasteiger charge is 2.18. The third-order valence-corrected chi connectivity index (χ3v) is 9.32. The summed E-state index contributed by atoms with van der Waals surface area (Å²) in [5.74, 6) is 2.63. The van der Waals surface area contributed by atoms with Crippen molar-refractivity contribution in [3.8, 4) is 51.1 Å². The average molecular weight is 642 g/mol. The van der Waals surface area contributed by atoms with E-state index in [9.17, 15) is 0 Å². The molecule has 0 aliphatic heterocycles. The summed E-state index contributed by atoms with van der Waals surface area (Å²) in [4.78, 5) is 19.6. The molecule has 10 rings (SSSR count). The molecule has 0 radical (unpaired) electrons. The zero-order valence-electron chi connectivity index (χ0n) is 26.7. The molecule has 0 N–H and O–H groups in total. The second kappa shape index (κ2) is 11.4.